The van der Waals surface area contributed by atoms with E-state index in [-0.39, 0.29) is 12.2 Å². The molecule has 0 bridgehead atoms. The molecule has 6 nitrogen and oxygen atoms in total. The summed E-state index contributed by atoms with van der Waals surface area (Å²) in [5.74, 6) is -0.253. The van der Waals surface area contributed by atoms with E-state index in [1.165, 1.54) is 0 Å². The Labute approximate surface area is 55.9 Å². The van der Waals surface area contributed by atoms with E-state index in [0.29, 0.717) is 4.90 Å². The molecule has 0 aromatic rings. The molecule has 3 amide bonds. The first kappa shape index (κ1) is 6.69. The highest BCUT2D eigenvalue weighted by atomic mass is 16.3. The Bertz CT molecular complexity index is 212. The molecule has 0 spiro atoms. The minimum atomic E-state index is -1.38. The highest BCUT2D eigenvalue weighted by Crippen LogP contribution is 2.04. The first-order valence-corrected chi connectivity index (χ1v) is 2.46. The fourth-order valence-electron chi connectivity index (χ4n) is 0.576. The summed E-state index contributed by atoms with van der Waals surface area (Å²) < 4.78 is 0. The number of aliphatic hydroxyl groups is 1. The van der Waals surface area contributed by atoms with Crippen LogP contribution in [0.1, 0.15) is 0 Å². The average Bonchev–Trinajstić information content (AvgIpc) is 2.09. The van der Waals surface area contributed by atoms with Crippen LogP contribution < -0.4 is 5.73 Å². The van der Waals surface area contributed by atoms with Gasteiger partial charge in [0.1, 0.15) is 0 Å². The molecular weight excluding hydrogens is 138 g/mol. The fourth-order valence-corrected chi connectivity index (χ4v) is 0.576. The van der Waals surface area contributed by atoms with E-state index in [1.807, 2.05) is 0 Å². The van der Waals surface area contributed by atoms with Gasteiger partial charge >= 0.3 is 6.03 Å². The van der Waals surface area contributed by atoms with Gasteiger partial charge in [-0.3, -0.25) is 4.79 Å². The molecular formula is C4H5N3O3. The quantitative estimate of drug-likeness (QED) is 0.425. The molecule has 3 N–H and O–H groups in total. The van der Waals surface area contributed by atoms with Gasteiger partial charge in [-0.25, -0.2) is 9.69 Å². The van der Waals surface area contributed by atoms with Crippen LogP contribution >= 0.6 is 0 Å². The maximum atomic E-state index is 10.5. The second kappa shape index (κ2) is 2.07. The van der Waals surface area contributed by atoms with E-state index >= 15 is 0 Å². The SMILES string of the molecule is NC1=NC(=O)N(C=O)C1O. The van der Waals surface area contributed by atoms with Gasteiger partial charge in [0, 0.05) is 0 Å². The van der Waals surface area contributed by atoms with Crippen molar-refractivity contribution >= 4 is 18.3 Å². The van der Waals surface area contributed by atoms with E-state index in [4.69, 9.17) is 10.8 Å². The van der Waals surface area contributed by atoms with Crippen molar-refractivity contribution in [1.29, 1.82) is 0 Å². The third kappa shape index (κ3) is 0.742. The number of carbonyl (C=O) groups is 2. The predicted octanol–water partition coefficient (Wildman–Crippen LogP) is -1.75. The standard InChI is InChI=1S/C4H5N3O3/c5-2-3(9)7(1-8)4(10)6-2/h1,3,9H,(H2,5,6,10). The van der Waals surface area contributed by atoms with Crippen LogP contribution in [-0.2, 0) is 4.79 Å². The summed E-state index contributed by atoms with van der Waals surface area (Å²) >= 11 is 0. The number of amidine groups is 1. The number of nitrogens with two attached hydrogens (primary N) is 1. The van der Waals surface area contributed by atoms with Gasteiger partial charge < -0.3 is 10.8 Å². The number of nitrogens with zero attached hydrogens (tertiary/aromatic N) is 2. The molecule has 0 saturated heterocycles. The molecule has 54 valence electrons. The molecule has 1 aliphatic heterocycles. The van der Waals surface area contributed by atoms with E-state index in [2.05, 4.69) is 4.99 Å². The molecule has 0 saturated carbocycles. The molecule has 0 aromatic heterocycles. The summed E-state index contributed by atoms with van der Waals surface area (Å²) in [7, 11) is 0. The van der Waals surface area contributed by atoms with Crippen molar-refractivity contribution in [1.82, 2.24) is 4.90 Å². The summed E-state index contributed by atoms with van der Waals surface area (Å²) in [6.45, 7) is 0. The second-order valence-corrected chi connectivity index (χ2v) is 1.71. The largest absolute Gasteiger partial charge is 0.383 e. The summed E-state index contributed by atoms with van der Waals surface area (Å²) in [5, 5.41) is 8.85. The Balaban J connectivity index is 2.86. The maximum absolute atomic E-state index is 10.5. The van der Waals surface area contributed by atoms with Crippen molar-refractivity contribution in [3.63, 3.8) is 0 Å². The number of rotatable bonds is 1. The monoisotopic (exact) mass is 143 g/mol. The Morgan fingerprint density at radius 3 is 2.60 bits per heavy atom. The van der Waals surface area contributed by atoms with Crippen molar-refractivity contribution in [2.75, 3.05) is 0 Å². The third-order valence-electron chi connectivity index (χ3n) is 1.09. The van der Waals surface area contributed by atoms with Gasteiger partial charge in [-0.1, -0.05) is 0 Å². The molecule has 0 radical (unpaired) electrons. The lowest BCUT2D eigenvalue weighted by molar-refractivity contribution is -0.119. The highest BCUT2D eigenvalue weighted by molar-refractivity contribution is 6.05. The number of hydrogen-bond donors (Lipinski definition) is 2. The van der Waals surface area contributed by atoms with Crippen LogP contribution in [0.25, 0.3) is 0 Å². The number of carbonyl (C=O) groups excluding carboxylic acids is 2. The highest BCUT2D eigenvalue weighted by Gasteiger charge is 2.30. The summed E-state index contributed by atoms with van der Waals surface area (Å²) in [4.78, 5) is 24.1. The first-order valence-electron chi connectivity index (χ1n) is 2.46. The minimum Gasteiger partial charge on any atom is -0.383 e. The molecule has 1 atom stereocenters. The lowest BCUT2D eigenvalue weighted by Gasteiger charge is -2.09. The fraction of sp³-hybridized carbons (Fsp3) is 0.250. The zero-order valence-electron chi connectivity index (χ0n) is 4.89. The van der Waals surface area contributed by atoms with Crippen molar-refractivity contribution < 1.29 is 14.7 Å². The van der Waals surface area contributed by atoms with Gasteiger partial charge in [0.05, 0.1) is 0 Å². The second-order valence-electron chi connectivity index (χ2n) is 1.71. The molecule has 0 fully saturated rings. The molecule has 10 heavy (non-hydrogen) atoms. The van der Waals surface area contributed by atoms with Gasteiger partial charge in [-0.05, 0) is 0 Å². The van der Waals surface area contributed by atoms with Gasteiger partial charge in [0.15, 0.2) is 12.1 Å². The van der Waals surface area contributed by atoms with Crippen molar-refractivity contribution in [3.8, 4) is 0 Å². The normalized spacial score (nSPS) is 24.9. The molecule has 1 aliphatic rings. The third-order valence-corrected chi connectivity index (χ3v) is 1.09. The van der Waals surface area contributed by atoms with Crippen molar-refractivity contribution in [2.45, 2.75) is 6.23 Å². The number of aliphatic imine (C=N–C) groups is 1. The zero-order valence-corrected chi connectivity index (χ0v) is 4.89. The summed E-state index contributed by atoms with van der Waals surface area (Å²) in [5.41, 5.74) is 5.01. The predicted molar refractivity (Wildman–Crippen MR) is 30.9 cm³/mol. The van der Waals surface area contributed by atoms with E-state index in [1.54, 1.807) is 0 Å². The molecule has 6 heteroatoms. The number of amides is 3. The smallest absolute Gasteiger partial charge is 0.354 e. The number of hydrogen-bond acceptors (Lipinski definition) is 4. The zero-order chi connectivity index (χ0) is 7.72. The van der Waals surface area contributed by atoms with Crippen LogP contribution in [0.15, 0.2) is 4.99 Å². The lowest BCUT2D eigenvalue weighted by atomic mass is 10.5. The summed E-state index contributed by atoms with van der Waals surface area (Å²) in [6.07, 6.45) is -1.21. The first-order chi connectivity index (χ1) is 4.66. The Morgan fingerprint density at radius 1 is 1.80 bits per heavy atom. The van der Waals surface area contributed by atoms with Crippen LogP contribution in [0.3, 0.4) is 0 Å². The lowest BCUT2D eigenvalue weighted by Crippen LogP contribution is -2.39. The molecule has 0 aromatic carbocycles. The van der Waals surface area contributed by atoms with Crippen molar-refractivity contribution in [3.05, 3.63) is 0 Å². The maximum Gasteiger partial charge on any atom is 0.354 e. The van der Waals surface area contributed by atoms with Crippen LogP contribution in [0.2, 0.25) is 0 Å². The topological polar surface area (TPSA) is 96.0 Å². The molecule has 0 aliphatic carbocycles. The van der Waals surface area contributed by atoms with Crippen LogP contribution in [-0.4, -0.2) is 34.5 Å². The van der Waals surface area contributed by atoms with Crippen LogP contribution in [0.4, 0.5) is 4.79 Å². The number of aliphatic hydroxyl groups excluding tert-OH is 1. The number of imide groups is 1. The van der Waals surface area contributed by atoms with Gasteiger partial charge in [0.25, 0.3) is 0 Å². The van der Waals surface area contributed by atoms with Crippen LogP contribution in [0.5, 0.6) is 0 Å². The minimum absolute atomic E-state index is 0.177. The van der Waals surface area contributed by atoms with Crippen LogP contribution in [0, 0.1) is 0 Å². The van der Waals surface area contributed by atoms with E-state index in [0.717, 1.165) is 0 Å². The van der Waals surface area contributed by atoms with Gasteiger partial charge in [0.2, 0.25) is 6.41 Å². The average molecular weight is 143 g/mol. The number of urea groups is 1. The molecule has 1 heterocycles. The Hall–Kier alpha value is -1.43. The van der Waals surface area contributed by atoms with Gasteiger partial charge in [-0.2, -0.15) is 4.99 Å². The van der Waals surface area contributed by atoms with Gasteiger partial charge in [-0.15, -0.1) is 0 Å². The van der Waals surface area contributed by atoms with Crippen molar-refractivity contribution in [2.24, 2.45) is 10.7 Å². The van der Waals surface area contributed by atoms with E-state index < -0.39 is 12.3 Å². The Kier molecular flexibility index (Phi) is 1.38. The van der Waals surface area contributed by atoms with E-state index in [9.17, 15) is 9.59 Å². The molecule has 1 rings (SSSR count). The molecule has 1 unspecified atom stereocenters. The Morgan fingerprint density at radius 2 is 2.40 bits per heavy atom. The summed E-state index contributed by atoms with van der Waals surface area (Å²) in [6, 6.07) is -0.833.